The van der Waals surface area contributed by atoms with Crippen LogP contribution in [0.4, 0.5) is 0 Å². The van der Waals surface area contributed by atoms with Crippen LogP contribution in [0.25, 0.3) is 0 Å². The zero-order valence-electron chi connectivity index (χ0n) is 18.6. The molecule has 0 amide bonds. The summed E-state index contributed by atoms with van der Waals surface area (Å²) in [5, 5.41) is 8.58. The van der Waals surface area contributed by atoms with Crippen molar-refractivity contribution in [1.82, 2.24) is 0 Å². The van der Waals surface area contributed by atoms with E-state index in [2.05, 4.69) is 31.2 Å². The Kier molecular flexibility index (Phi) is 14.3. The molecule has 0 rings (SSSR count). The number of rotatable bonds is 17. The topological polar surface area (TPSA) is 77.8 Å². The second-order valence-corrected chi connectivity index (χ2v) is 10.8. The molecule has 1 unspecified atom stereocenters. The Morgan fingerprint density at radius 3 is 1.75 bits per heavy atom. The van der Waals surface area contributed by atoms with E-state index in [1.54, 1.807) is 0 Å². The van der Waals surface area contributed by atoms with Gasteiger partial charge in [-0.25, -0.2) is 0 Å². The van der Waals surface area contributed by atoms with Crippen LogP contribution in [0.15, 0.2) is 24.3 Å². The van der Waals surface area contributed by atoms with E-state index in [4.69, 9.17) is 0 Å². The van der Waals surface area contributed by atoms with Gasteiger partial charge in [-0.3, -0.25) is 4.57 Å². The van der Waals surface area contributed by atoms with Crippen molar-refractivity contribution in [3.8, 4) is 0 Å². The molecule has 0 saturated carbocycles. The van der Waals surface area contributed by atoms with Crippen LogP contribution in [-0.2, 0) is 4.57 Å². The van der Waals surface area contributed by atoms with E-state index >= 15 is 0 Å². The van der Waals surface area contributed by atoms with Gasteiger partial charge < -0.3 is 19.4 Å². The lowest BCUT2D eigenvalue weighted by Crippen LogP contribution is -2.49. The smallest absolute Gasteiger partial charge is 0.362 e. The Hall–Kier alpha value is -0.450. The highest BCUT2D eigenvalue weighted by atomic mass is 31.2. The minimum absolute atomic E-state index is 0.0541. The number of hydrogen-bond donors (Lipinski definition) is 3. The molecule has 166 valence electrons. The first kappa shape index (κ1) is 27.5. The molecular weight excluding hydrogens is 373 g/mol. The first-order chi connectivity index (χ1) is 13.0. The van der Waals surface area contributed by atoms with Gasteiger partial charge in [-0.1, -0.05) is 56.9 Å². The molecule has 3 N–H and O–H groups in total. The summed E-state index contributed by atoms with van der Waals surface area (Å²) in [6.07, 6.45) is 21.1. The number of quaternary nitrogens is 1. The van der Waals surface area contributed by atoms with Crippen LogP contribution in [0, 0.1) is 0 Å². The minimum Gasteiger partial charge on any atom is -0.373 e. The van der Waals surface area contributed by atoms with Crippen LogP contribution in [0.3, 0.4) is 0 Å². The Balaban J connectivity index is 3.79. The Morgan fingerprint density at radius 2 is 1.25 bits per heavy atom. The lowest BCUT2D eigenvalue weighted by molar-refractivity contribution is -0.875. The number of hydrogen-bond acceptors (Lipinski definition) is 2. The number of aliphatic hydroxyl groups is 1. The highest BCUT2D eigenvalue weighted by molar-refractivity contribution is 7.53. The zero-order chi connectivity index (χ0) is 21.5. The summed E-state index contributed by atoms with van der Waals surface area (Å²) in [7, 11) is 0.952. The van der Waals surface area contributed by atoms with Crippen molar-refractivity contribution in [1.29, 1.82) is 0 Å². The molecular formula is C22H45NO4P+. The Labute approximate surface area is 173 Å². The van der Waals surface area contributed by atoms with E-state index in [9.17, 15) is 19.5 Å². The number of nitrogens with zero attached hydrogens (tertiary/aromatic N) is 1. The lowest BCUT2D eigenvalue weighted by Gasteiger charge is -2.35. The number of likely N-dealkylation sites (N-methyl/N-ethyl adjacent to an activating group) is 1. The third-order valence-electron chi connectivity index (χ3n) is 4.78. The molecule has 5 nitrogen and oxygen atoms in total. The van der Waals surface area contributed by atoms with Gasteiger partial charge in [0.25, 0.3) is 0 Å². The third kappa shape index (κ3) is 14.5. The molecule has 0 bridgehead atoms. The summed E-state index contributed by atoms with van der Waals surface area (Å²) < 4.78 is 12.1. The van der Waals surface area contributed by atoms with Crippen LogP contribution in [-0.4, -0.2) is 52.4 Å². The van der Waals surface area contributed by atoms with E-state index < -0.39 is 12.9 Å². The van der Waals surface area contributed by atoms with Gasteiger partial charge in [0.1, 0.15) is 6.54 Å². The van der Waals surface area contributed by atoms with Crippen LogP contribution >= 0.6 is 7.60 Å². The SMILES string of the molecule is CC/C=C\CCC/C=C\CCCCCCCCC(O)(C[N+](C)(C)C)P(=O)(O)O. The molecule has 0 spiro atoms. The normalized spacial score (nSPS) is 15.5. The van der Waals surface area contributed by atoms with E-state index in [1.807, 2.05) is 21.1 Å². The largest absolute Gasteiger partial charge is 0.373 e. The minimum atomic E-state index is -4.54. The summed E-state index contributed by atoms with van der Waals surface area (Å²) in [5.41, 5.74) is 0. The third-order valence-corrected chi connectivity index (χ3v) is 6.23. The van der Waals surface area contributed by atoms with Gasteiger partial charge in [-0.2, -0.15) is 0 Å². The van der Waals surface area contributed by atoms with Crippen molar-refractivity contribution in [2.75, 3.05) is 27.7 Å². The van der Waals surface area contributed by atoms with Crippen LogP contribution in [0.5, 0.6) is 0 Å². The van der Waals surface area contributed by atoms with E-state index in [-0.39, 0.29) is 13.0 Å². The summed E-state index contributed by atoms with van der Waals surface area (Å²) >= 11 is 0. The summed E-state index contributed by atoms with van der Waals surface area (Å²) in [5.74, 6) is 0. The van der Waals surface area contributed by atoms with Crippen LogP contribution in [0.2, 0.25) is 0 Å². The molecule has 0 aromatic rings. The second kappa shape index (κ2) is 14.5. The van der Waals surface area contributed by atoms with E-state index in [1.165, 1.54) is 25.7 Å². The molecule has 0 aliphatic carbocycles. The molecule has 0 heterocycles. The number of unbranched alkanes of at least 4 members (excludes halogenated alkanes) is 8. The van der Waals surface area contributed by atoms with Crippen molar-refractivity contribution < 1.29 is 23.9 Å². The van der Waals surface area contributed by atoms with Crippen LogP contribution < -0.4 is 0 Å². The molecule has 0 saturated heterocycles. The van der Waals surface area contributed by atoms with Crippen molar-refractivity contribution >= 4 is 7.60 Å². The second-order valence-electron chi connectivity index (χ2n) is 8.92. The molecule has 0 radical (unpaired) electrons. The standard InChI is InChI=1S/C22H44NO4P/c1-5-6-7-8-9-10-11-12-13-14-15-16-17-18-19-20-22(24,28(25,26)27)21-23(2,3)4/h6-7,11-12,24H,5,8-10,13-21H2,1-4H3,(H-,25,26,27)/p+1/b7-6-,12-11-. The maximum atomic E-state index is 11.7. The molecule has 28 heavy (non-hydrogen) atoms. The lowest BCUT2D eigenvalue weighted by atomic mass is 10.1. The van der Waals surface area contributed by atoms with Gasteiger partial charge in [-0.05, 0) is 51.4 Å². The highest BCUT2D eigenvalue weighted by Crippen LogP contribution is 2.52. The van der Waals surface area contributed by atoms with Gasteiger partial charge in [0.05, 0.1) is 21.1 Å². The fourth-order valence-electron chi connectivity index (χ4n) is 3.33. The fraction of sp³-hybridized carbons (Fsp3) is 0.818. The molecule has 0 fully saturated rings. The molecule has 0 aromatic heterocycles. The molecule has 0 aromatic carbocycles. The average Bonchev–Trinajstić information content (AvgIpc) is 2.56. The predicted octanol–water partition coefficient (Wildman–Crippen LogP) is 5.37. The van der Waals surface area contributed by atoms with E-state index in [0.717, 1.165) is 38.5 Å². The molecule has 6 heteroatoms. The maximum Gasteiger partial charge on any atom is 0.362 e. The Bertz CT molecular complexity index is 493. The van der Waals surface area contributed by atoms with Gasteiger partial charge in [0.15, 0.2) is 0 Å². The van der Waals surface area contributed by atoms with Crippen molar-refractivity contribution in [2.45, 2.75) is 89.3 Å². The van der Waals surface area contributed by atoms with Gasteiger partial charge in [0.2, 0.25) is 5.34 Å². The van der Waals surface area contributed by atoms with Gasteiger partial charge >= 0.3 is 7.60 Å². The van der Waals surface area contributed by atoms with E-state index in [0.29, 0.717) is 10.9 Å². The van der Waals surface area contributed by atoms with Crippen molar-refractivity contribution in [2.24, 2.45) is 0 Å². The zero-order valence-corrected chi connectivity index (χ0v) is 19.5. The molecule has 1 atom stereocenters. The Morgan fingerprint density at radius 1 is 0.786 bits per heavy atom. The summed E-state index contributed by atoms with van der Waals surface area (Å²) in [6, 6.07) is 0. The molecule has 0 aliphatic rings. The molecule has 0 aliphatic heterocycles. The first-order valence-corrected chi connectivity index (χ1v) is 12.5. The van der Waals surface area contributed by atoms with Crippen LogP contribution in [0.1, 0.15) is 84.0 Å². The van der Waals surface area contributed by atoms with Crippen molar-refractivity contribution in [3.05, 3.63) is 24.3 Å². The van der Waals surface area contributed by atoms with Crippen molar-refractivity contribution in [3.63, 3.8) is 0 Å². The number of allylic oxidation sites excluding steroid dienone is 4. The summed E-state index contributed by atoms with van der Waals surface area (Å²) in [6.45, 7) is 2.21. The highest BCUT2D eigenvalue weighted by Gasteiger charge is 2.48. The fourth-order valence-corrected chi connectivity index (χ4v) is 4.39. The monoisotopic (exact) mass is 418 g/mol. The predicted molar refractivity (Wildman–Crippen MR) is 119 cm³/mol. The van der Waals surface area contributed by atoms with Gasteiger partial charge in [-0.15, -0.1) is 0 Å². The average molecular weight is 419 g/mol. The quantitative estimate of drug-likeness (QED) is 0.128. The van der Waals surface area contributed by atoms with Gasteiger partial charge in [0, 0.05) is 0 Å². The summed E-state index contributed by atoms with van der Waals surface area (Å²) in [4.78, 5) is 19.1. The maximum absolute atomic E-state index is 11.7. The first-order valence-electron chi connectivity index (χ1n) is 10.9.